The number of rotatable bonds is 2. The summed E-state index contributed by atoms with van der Waals surface area (Å²) in [7, 11) is -0.524. The lowest BCUT2D eigenvalue weighted by Gasteiger charge is -2.46. The number of hydrogen-bond acceptors (Lipinski definition) is 3. The first-order valence-corrected chi connectivity index (χ1v) is 7.80. The Balaban J connectivity index is 1.78. The van der Waals surface area contributed by atoms with Crippen molar-refractivity contribution >= 4 is 22.6 Å². The first-order valence-electron chi connectivity index (χ1n) is 5.33. The van der Waals surface area contributed by atoms with Gasteiger partial charge in [-0.3, -0.25) is 4.21 Å². The van der Waals surface area contributed by atoms with Gasteiger partial charge in [-0.2, -0.15) is 11.8 Å². The Labute approximate surface area is 93.1 Å². The van der Waals surface area contributed by atoms with Crippen LogP contribution in [0.25, 0.3) is 0 Å². The smallest absolute Gasteiger partial charge is 0.0302 e. The Bertz CT molecular complexity index is 232. The second-order valence-electron chi connectivity index (χ2n) is 4.76. The van der Waals surface area contributed by atoms with E-state index in [2.05, 4.69) is 19.2 Å². The quantitative estimate of drug-likeness (QED) is 0.781. The van der Waals surface area contributed by atoms with Crippen molar-refractivity contribution in [3.8, 4) is 0 Å². The molecule has 0 aliphatic carbocycles. The summed E-state index contributed by atoms with van der Waals surface area (Å²) in [6, 6.07) is 1.29. The molecule has 1 unspecified atom stereocenters. The van der Waals surface area contributed by atoms with Crippen LogP contribution >= 0.6 is 11.8 Å². The summed E-state index contributed by atoms with van der Waals surface area (Å²) in [6.45, 7) is 4.61. The van der Waals surface area contributed by atoms with Crippen LogP contribution in [0.1, 0.15) is 26.7 Å². The second-order valence-corrected chi connectivity index (χ2v) is 8.13. The highest BCUT2D eigenvalue weighted by Gasteiger charge is 2.40. The van der Waals surface area contributed by atoms with Gasteiger partial charge in [0.15, 0.2) is 0 Å². The monoisotopic (exact) mass is 233 g/mol. The lowest BCUT2D eigenvalue weighted by Crippen LogP contribution is -2.58. The molecule has 0 aromatic carbocycles. The van der Waals surface area contributed by atoms with E-state index in [0.29, 0.717) is 16.8 Å². The topological polar surface area (TPSA) is 29.1 Å². The van der Waals surface area contributed by atoms with Gasteiger partial charge in [-0.15, -0.1) is 0 Å². The highest BCUT2D eigenvalue weighted by molar-refractivity contribution is 8.02. The minimum atomic E-state index is -0.524. The predicted octanol–water partition coefficient (Wildman–Crippen LogP) is 1.38. The van der Waals surface area contributed by atoms with E-state index in [0.717, 1.165) is 24.3 Å². The molecule has 0 aromatic heterocycles. The van der Waals surface area contributed by atoms with Crippen LogP contribution in [0.15, 0.2) is 0 Å². The van der Waals surface area contributed by atoms with E-state index in [4.69, 9.17) is 0 Å². The van der Waals surface area contributed by atoms with E-state index in [-0.39, 0.29) is 0 Å². The van der Waals surface area contributed by atoms with Crippen molar-refractivity contribution in [3.05, 3.63) is 0 Å². The summed E-state index contributed by atoms with van der Waals surface area (Å²) < 4.78 is 11.6. The molecule has 2 saturated heterocycles. The Morgan fingerprint density at radius 1 is 1.36 bits per heavy atom. The van der Waals surface area contributed by atoms with E-state index in [1.165, 1.54) is 5.75 Å². The van der Waals surface area contributed by atoms with Crippen molar-refractivity contribution in [3.63, 3.8) is 0 Å². The maximum Gasteiger partial charge on any atom is 0.0302 e. The van der Waals surface area contributed by atoms with Gasteiger partial charge in [0.1, 0.15) is 0 Å². The third kappa shape index (κ3) is 2.34. The number of nitrogens with one attached hydrogen (secondary N) is 1. The molecule has 0 aromatic rings. The van der Waals surface area contributed by atoms with Crippen LogP contribution in [0.4, 0.5) is 0 Å². The molecule has 1 atom stereocenters. The molecule has 0 saturated carbocycles. The molecule has 0 spiro atoms. The molecule has 4 heteroatoms. The van der Waals surface area contributed by atoms with E-state index in [1.807, 2.05) is 11.8 Å². The molecular weight excluding hydrogens is 214 g/mol. The fourth-order valence-electron chi connectivity index (χ4n) is 1.99. The van der Waals surface area contributed by atoms with Gasteiger partial charge in [-0.25, -0.2) is 0 Å². The van der Waals surface area contributed by atoms with Gasteiger partial charge in [-0.1, -0.05) is 0 Å². The first-order chi connectivity index (χ1) is 6.58. The van der Waals surface area contributed by atoms with Gasteiger partial charge >= 0.3 is 0 Å². The van der Waals surface area contributed by atoms with Gasteiger partial charge in [0, 0.05) is 44.9 Å². The van der Waals surface area contributed by atoms with E-state index < -0.39 is 10.8 Å². The number of hydrogen-bond donors (Lipinski definition) is 1. The van der Waals surface area contributed by atoms with E-state index in [1.54, 1.807) is 0 Å². The third-order valence-corrected chi connectivity index (χ3v) is 6.20. The predicted molar refractivity (Wildman–Crippen MR) is 64.4 cm³/mol. The van der Waals surface area contributed by atoms with Gasteiger partial charge in [0.25, 0.3) is 0 Å². The van der Waals surface area contributed by atoms with Crippen LogP contribution in [0.3, 0.4) is 0 Å². The fraction of sp³-hybridized carbons (Fsp3) is 1.00. The maximum atomic E-state index is 11.2. The van der Waals surface area contributed by atoms with Crippen LogP contribution in [0.2, 0.25) is 0 Å². The van der Waals surface area contributed by atoms with Crippen molar-refractivity contribution in [1.82, 2.24) is 5.32 Å². The summed E-state index contributed by atoms with van der Waals surface area (Å²) in [4.78, 5) is 0. The molecule has 0 radical (unpaired) electrons. The normalized spacial score (nSPS) is 41.7. The van der Waals surface area contributed by atoms with Crippen LogP contribution in [0, 0.1) is 0 Å². The molecule has 2 fully saturated rings. The summed E-state index contributed by atoms with van der Waals surface area (Å²) >= 11 is 2.04. The molecule has 2 nitrogen and oxygen atoms in total. The minimum absolute atomic E-state index is 0.413. The van der Waals surface area contributed by atoms with Gasteiger partial charge < -0.3 is 5.32 Å². The standard InChI is InChI=1S/C10H19NOS2/c1-10(2)9(7-13-10)11-8-3-5-14(12)6-4-8/h8-9,11H,3-7H2,1-2H3. The zero-order valence-corrected chi connectivity index (χ0v) is 10.5. The molecule has 1 N–H and O–H groups in total. The Morgan fingerprint density at radius 2 is 2.00 bits per heavy atom. The fourth-order valence-corrected chi connectivity index (χ4v) is 4.46. The van der Waals surface area contributed by atoms with Crippen LogP contribution in [-0.4, -0.2) is 38.3 Å². The summed E-state index contributed by atoms with van der Waals surface area (Å²) in [5.41, 5.74) is 0. The van der Waals surface area contributed by atoms with Crippen molar-refractivity contribution in [2.45, 2.75) is 43.5 Å². The summed E-state index contributed by atoms with van der Waals surface area (Å²) in [6.07, 6.45) is 2.20. The van der Waals surface area contributed by atoms with Gasteiger partial charge in [-0.05, 0) is 26.7 Å². The molecule has 2 aliphatic rings. The lowest BCUT2D eigenvalue weighted by molar-refractivity contribution is 0.362. The van der Waals surface area contributed by atoms with Crippen molar-refractivity contribution in [1.29, 1.82) is 0 Å². The van der Waals surface area contributed by atoms with Crippen molar-refractivity contribution in [2.75, 3.05) is 17.3 Å². The molecule has 0 amide bonds. The molecule has 2 rings (SSSR count). The van der Waals surface area contributed by atoms with Crippen molar-refractivity contribution < 1.29 is 4.21 Å². The molecule has 0 bridgehead atoms. The first kappa shape index (κ1) is 11.0. The van der Waals surface area contributed by atoms with E-state index >= 15 is 0 Å². The minimum Gasteiger partial charge on any atom is -0.309 e. The molecular formula is C10H19NOS2. The van der Waals surface area contributed by atoms with Crippen LogP contribution in [-0.2, 0) is 10.8 Å². The zero-order valence-electron chi connectivity index (χ0n) is 8.91. The van der Waals surface area contributed by atoms with Crippen LogP contribution in [0.5, 0.6) is 0 Å². The SMILES string of the molecule is CC1(C)SCC1NC1CCS(=O)CC1. The van der Waals surface area contributed by atoms with E-state index in [9.17, 15) is 4.21 Å². The Kier molecular flexibility index (Phi) is 3.24. The molecule has 2 heterocycles. The van der Waals surface area contributed by atoms with Crippen LogP contribution < -0.4 is 5.32 Å². The molecule has 82 valence electrons. The van der Waals surface area contributed by atoms with Crippen molar-refractivity contribution in [2.24, 2.45) is 0 Å². The highest BCUT2D eigenvalue weighted by atomic mass is 32.2. The number of thioether (sulfide) groups is 1. The largest absolute Gasteiger partial charge is 0.309 e. The lowest BCUT2D eigenvalue weighted by atomic mass is 10.0. The maximum absolute atomic E-state index is 11.2. The third-order valence-electron chi connectivity index (χ3n) is 3.29. The Morgan fingerprint density at radius 3 is 2.43 bits per heavy atom. The second kappa shape index (κ2) is 4.14. The molecule has 14 heavy (non-hydrogen) atoms. The highest BCUT2D eigenvalue weighted by Crippen LogP contribution is 2.40. The zero-order chi connectivity index (χ0) is 10.2. The average Bonchev–Trinajstić information content (AvgIpc) is 2.15. The molecule has 2 aliphatic heterocycles. The summed E-state index contributed by atoms with van der Waals surface area (Å²) in [5.74, 6) is 3.04. The average molecular weight is 233 g/mol. The van der Waals surface area contributed by atoms with Gasteiger partial charge in [0.2, 0.25) is 0 Å². The summed E-state index contributed by atoms with van der Waals surface area (Å²) in [5, 5.41) is 3.71. The Hall–Kier alpha value is 0.460. The van der Waals surface area contributed by atoms with Gasteiger partial charge in [0.05, 0.1) is 0 Å².